The maximum atomic E-state index is 11.7. The molecule has 1 radical (unpaired) electrons. The third kappa shape index (κ3) is 2.48. The lowest BCUT2D eigenvalue weighted by Gasteiger charge is -2.23. The van der Waals surface area contributed by atoms with Crippen molar-refractivity contribution in [1.29, 1.82) is 0 Å². The van der Waals surface area contributed by atoms with Gasteiger partial charge in [-0.05, 0) is 41.0 Å². The Labute approximate surface area is 150 Å². The van der Waals surface area contributed by atoms with Crippen molar-refractivity contribution < 1.29 is 14.6 Å². The van der Waals surface area contributed by atoms with Crippen molar-refractivity contribution in [2.45, 2.75) is 19.8 Å². The van der Waals surface area contributed by atoms with Gasteiger partial charge in [-0.1, -0.05) is 19.0 Å². The number of carboxylic acid groups (broad SMARTS) is 1. The van der Waals surface area contributed by atoms with Crippen LogP contribution in [0.1, 0.15) is 16.1 Å². The van der Waals surface area contributed by atoms with Gasteiger partial charge in [-0.3, -0.25) is 0 Å². The minimum atomic E-state index is -0.886. The van der Waals surface area contributed by atoms with E-state index in [1.165, 1.54) is 5.56 Å². The van der Waals surface area contributed by atoms with Crippen LogP contribution in [0.4, 0.5) is 0 Å². The zero-order valence-corrected chi connectivity index (χ0v) is 14.9. The van der Waals surface area contributed by atoms with Gasteiger partial charge in [0.1, 0.15) is 11.4 Å². The molecule has 0 atom stereocenters. The van der Waals surface area contributed by atoms with E-state index in [2.05, 4.69) is 12.1 Å². The van der Waals surface area contributed by atoms with Gasteiger partial charge < -0.3 is 14.4 Å². The fourth-order valence-corrected chi connectivity index (χ4v) is 4.31. The molecule has 1 N–H and O–H groups in total. The fraction of sp³-hybridized carbons (Fsp3) is 0.211. The fourth-order valence-electron chi connectivity index (χ4n) is 3.57. The van der Waals surface area contributed by atoms with Crippen LogP contribution in [0.2, 0.25) is 6.82 Å². The molecule has 125 valence electrons. The molecule has 4 rings (SSSR count). The number of aromatic carboxylic acids is 1. The molecule has 3 heterocycles. The lowest BCUT2D eigenvalue weighted by Crippen LogP contribution is -2.20. The van der Waals surface area contributed by atoms with E-state index < -0.39 is 5.97 Å². The number of fused-ring (bicyclic) bond motifs is 3. The molecule has 0 fully saturated rings. The van der Waals surface area contributed by atoms with Crippen LogP contribution in [0.15, 0.2) is 35.7 Å². The van der Waals surface area contributed by atoms with Gasteiger partial charge in [0.15, 0.2) is 7.28 Å². The second-order valence-electron chi connectivity index (χ2n) is 6.02. The van der Waals surface area contributed by atoms with Crippen molar-refractivity contribution in [2.75, 3.05) is 7.11 Å². The third-order valence-corrected chi connectivity index (χ3v) is 5.63. The Kier molecular flexibility index (Phi) is 3.92. The Morgan fingerprint density at radius 1 is 1.32 bits per heavy atom. The van der Waals surface area contributed by atoms with Crippen LogP contribution in [0, 0.1) is 0 Å². The molecule has 0 saturated heterocycles. The summed E-state index contributed by atoms with van der Waals surface area (Å²) in [5, 5.41) is 11.7. The standard InChI is InChI=1S/C19H17BNO3S/c1-20-14-9-12-11(8-16(14)24-2)5-6-21-15(19(22)23)10-13(18(12)21)17-4-3-7-25-17/h3-4,7-10H,5-6H2,1-2H3,(H,22,23). The first kappa shape index (κ1) is 16.0. The van der Waals surface area contributed by atoms with E-state index >= 15 is 0 Å². The number of carbonyl (C=O) groups is 1. The van der Waals surface area contributed by atoms with Crippen molar-refractivity contribution in [3.63, 3.8) is 0 Å². The van der Waals surface area contributed by atoms with Crippen LogP contribution in [0.3, 0.4) is 0 Å². The summed E-state index contributed by atoms with van der Waals surface area (Å²) in [5.41, 5.74) is 5.64. The molecular formula is C19H17BNO3S. The van der Waals surface area contributed by atoms with Crippen LogP contribution >= 0.6 is 11.3 Å². The Hall–Kier alpha value is -2.47. The van der Waals surface area contributed by atoms with E-state index in [0.717, 1.165) is 39.3 Å². The number of nitrogens with zero attached hydrogens (tertiary/aromatic N) is 1. The Morgan fingerprint density at radius 3 is 2.80 bits per heavy atom. The largest absolute Gasteiger partial charge is 0.497 e. The maximum Gasteiger partial charge on any atom is 0.352 e. The minimum absolute atomic E-state index is 0.349. The lowest BCUT2D eigenvalue weighted by molar-refractivity contribution is 0.0685. The molecule has 1 aliphatic rings. The molecule has 1 aromatic carbocycles. The Bertz CT molecular complexity index is 960. The van der Waals surface area contributed by atoms with Gasteiger partial charge >= 0.3 is 5.97 Å². The predicted octanol–water partition coefficient (Wildman–Crippen LogP) is 3.52. The molecule has 0 spiro atoms. The van der Waals surface area contributed by atoms with E-state index in [-0.39, 0.29) is 0 Å². The summed E-state index contributed by atoms with van der Waals surface area (Å²) in [6.45, 7) is 2.64. The third-order valence-electron chi connectivity index (χ3n) is 4.73. The highest BCUT2D eigenvalue weighted by atomic mass is 32.1. The molecular weight excluding hydrogens is 333 g/mol. The van der Waals surface area contributed by atoms with Gasteiger partial charge in [0.2, 0.25) is 0 Å². The highest BCUT2D eigenvalue weighted by molar-refractivity contribution is 7.13. The summed E-state index contributed by atoms with van der Waals surface area (Å²) in [4.78, 5) is 12.8. The van der Waals surface area contributed by atoms with Gasteiger partial charge in [-0.25, -0.2) is 4.79 Å². The van der Waals surface area contributed by atoms with Crippen LogP contribution in [0.25, 0.3) is 21.7 Å². The second kappa shape index (κ2) is 6.12. The Balaban J connectivity index is 2.02. The highest BCUT2D eigenvalue weighted by Gasteiger charge is 2.27. The van der Waals surface area contributed by atoms with E-state index in [1.54, 1.807) is 24.5 Å². The molecule has 0 bridgehead atoms. The summed E-state index contributed by atoms with van der Waals surface area (Å²) in [7, 11) is 3.70. The van der Waals surface area contributed by atoms with Crippen molar-refractivity contribution in [2.24, 2.45) is 0 Å². The summed E-state index contributed by atoms with van der Waals surface area (Å²) in [6, 6.07) is 10.0. The van der Waals surface area contributed by atoms with Crippen molar-refractivity contribution in [1.82, 2.24) is 4.57 Å². The number of thiophene rings is 1. The molecule has 25 heavy (non-hydrogen) atoms. The van der Waals surface area contributed by atoms with Crippen molar-refractivity contribution in [3.8, 4) is 27.4 Å². The monoisotopic (exact) mass is 350 g/mol. The molecule has 0 unspecified atom stereocenters. The van der Waals surface area contributed by atoms with Crippen LogP contribution in [-0.2, 0) is 13.0 Å². The molecule has 4 nitrogen and oxygen atoms in total. The van der Waals surface area contributed by atoms with Crippen molar-refractivity contribution in [3.05, 3.63) is 47.0 Å². The van der Waals surface area contributed by atoms with E-state index in [1.807, 2.05) is 36.2 Å². The first-order valence-corrected chi connectivity index (χ1v) is 9.03. The van der Waals surface area contributed by atoms with E-state index in [9.17, 15) is 9.90 Å². The number of ether oxygens (including phenoxy) is 1. The van der Waals surface area contributed by atoms with Gasteiger partial charge in [0.25, 0.3) is 0 Å². The Morgan fingerprint density at radius 2 is 2.16 bits per heavy atom. The summed E-state index contributed by atoms with van der Waals surface area (Å²) >= 11 is 1.63. The minimum Gasteiger partial charge on any atom is -0.497 e. The number of hydrogen-bond donors (Lipinski definition) is 1. The maximum absolute atomic E-state index is 11.7. The lowest BCUT2D eigenvalue weighted by atomic mass is 9.71. The number of aromatic nitrogens is 1. The summed E-state index contributed by atoms with van der Waals surface area (Å²) in [5.74, 6) is -0.0271. The number of hydrogen-bond acceptors (Lipinski definition) is 3. The molecule has 6 heteroatoms. The SMILES string of the molecule is C[B]c1cc2c(cc1OC)CCn1c(C(=O)O)cc(-c3cccs3)c1-2. The molecule has 2 aromatic heterocycles. The van der Waals surface area contributed by atoms with Crippen LogP contribution < -0.4 is 10.2 Å². The molecule has 0 aliphatic carbocycles. The van der Waals surface area contributed by atoms with E-state index in [0.29, 0.717) is 12.2 Å². The smallest absolute Gasteiger partial charge is 0.352 e. The predicted molar refractivity (Wildman–Crippen MR) is 102 cm³/mol. The van der Waals surface area contributed by atoms with Gasteiger partial charge in [-0.2, -0.15) is 0 Å². The second-order valence-corrected chi connectivity index (χ2v) is 6.96. The average molecular weight is 350 g/mol. The number of aryl methyl sites for hydroxylation is 1. The molecule has 3 aromatic rings. The summed E-state index contributed by atoms with van der Waals surface area (Å²) < 4.78 is 7.44. The highest BCUT2D eigenvalue weighted by Crippen LogP contribution is 2.42. The first-order chi connectivity index (χ1) is 12.1. The number of benzene rings is 1. The van der Waals surface area contributed by atoms with Crippen LogP contribution in [0.5, 0.6) is 5.75 Å². The number of rotatable bonds is 4. The first-order valence-electron chi connectivity index (χ1n) is 8.15. The van der Waals surface area contributed by atoms with Gasteiger partial charge in [-0.15, -0.1) is 11.3 Å². The normalized spacial score (nSPS) is 12.4. The molecule has 1 aliphatic heterocycles. The molecule has 0 saturated carbocycles. The topological polar surface area (TPSA) is 51.5 Å². The van der Waals surface area contributed by atoms with Crippen molar-refractivity contribution >= 4 is 30.0 Å². The number of methoxy groups -OCH3 is 1. The average Bonchev–Trinajstić information content (AvgIpc) is 3.27. The van der Waals surface area contributed by atoms with Gasteiger partial charge in [0.05, 0.1) is 12.8 Å². The molecule has 0 amide bonds. The number of carboxylic acids is 1. The summed E-state index contributed by atoms with van der Waals surface area (Å²) in [6.07, 6.45) is 0.793. The quantitative estimate of drug-likeness (QED) is 0.733. The van der Waals surface area contributed by atoms with E-state index in [4.69, 9.17) is 4.74 Å². The van der Waals surface area contributed by atoms with Gasteiger partial charge in [0, 0.05) is 22.5 Å². The zero-order valence-electron chi connectivity index (χ0n) is 14.1. The zero-order chi connectivity index (χ0) is 17.6. The van der Waals surface area contributed by atoms with Crippen LogP contribution in [-0.4, -0.2) is 30.0 Å².